The highest BCUT2D eigenvalue weighted by Gasteiger charge is 2.15. The fourth-order valence-corrected chi connectivity index (χ4v) is 2.58. The Balaban J connectivity index is 1.91. The first-order chi connectivity index (χ1) is 10.1. The number of hydrogen-bond acceptors (Lipinski definition) is 2. The summed E-state index contributed by atoms with van der Waals surface area (Å²) in [5, 5.41) is 2.41. The van der Waals surface area contributed by atoms with Crippen molar-refractivity contribution in [3.05, 3.63) is 65.7 Å². The second kappa shape index (κ2) is 7.22. The standard InChI is InChI=1S/C16H15F2NOS/c1-11(16(20)19-13-7-3-2-4-8-13)21-10-12-6-5-9-14(17)15(12)18/h2-9,11H,10H2,1H3,(H,19,20). The molecular weight excluding hydrogens is 292 g/mol. The summed E-state index contributed by atoms with van der Waals surface area (Å²) in [7, 11) is 0. The maximum Gasteiger partial charge on any atom is 0.237 e. The first-order valence-electron chi connectivity index (χ1n) is 6.48. The van der Waals surface area contributed by atoms with Gasteiger partial charge in [-0.25, -0.2) is 8.78 Å². The molecule has 2 rings (SSSR count). The van der Waals surface area contributed by atoms with Crippen LogP contribution < -0.4 is 5.32 Å². The van der Waals surface area contributed by atoms with Crippen molar-refractivity contribution in [1.82, 2.24) is 0 Å². The fraction of sp³-hybridized carbons (Fsp3) is 0.188. The summed E-state index contributed by atoms with van der Waals surface area (Å²) < 4.78 is 26.6. The van der Waals surface area contributed by atoms with E-state index in [1.54, 1.807) is 19.1 Å². The monoisotopic (exact) mass is 307 g/mol. The van der Waals surface area contributed by atoms with Gasteiger partial charge in [0.1, 0.15) is 0 Å². The quantitative estimate of drug-likeness (QED) is 0.896. The van der Waals surface area contributed by atoms with Crippen LogP contribution in [0.1, 0.15) is 12.5 Å². The Morgan fingerprint density at radius 1 is 1.14 bits per heavy atom. The van der Waals surface area contributed by atoms with Crippen molar-refractivity contribution in [3.8, 4) is 0 Å². The molecule has 110 valence electrons. The average molecular weight is 307 g/mol. The summed E-state index contributed by atoms with van der Waals surface area (Å²) in [4.78, 5) is 12.0. The topological polar surface area (TPSA) is 29.1 Å². The molecule has 5 heteroatoms. The lowest BCUT2D eigenvalue weighted by Gasteiger charge is -2.12. The number of halogens is 2. The minimum absolute atomic E-state index is 0.164. The number of anilines is 1. The van der Waals surface area contributed by atoms with Crippen LogP contribution in [0.3, 0.4) is 0 Å². The first kappa shape index (κ1) is 15.5. The van der Waals surface area contributed by atoms with Crippen molar-refractivity contribution < 1.29 is 13.6 Å². The average Bonchev–Trinajstić information content (AvgIpc) is 2.49. The Labute approximate surface area is 126 Å². The largest absolute Gasteiger partial charge is 0.325 e. The van der Waals surface area contributed by atoms with E-state index in [0.717, 1.165) is 6.07 Å². The van der Waals surface area contributed by atoms with Gasteiger partial charge < -0.3 is 5.32 Å². The molecule has 2 aromatic rings. The fourth-order valence-electron chi connectivity index (χ4n) is 1.72. The van der Waals surface area contributed by atoms with Crippen molar-refractivity contribution in [1.29, 1.82) is 0 Å². The van der Waals surface area contributed by atoms with E-state index >= 15 is 0 Å². The number of hydrogen-bond donors (Lipinski definition) is 1. The smallest absolute Gasteiger partial charge is 0.237 e. The lowest BCUT2D eigenvalue weighted by molar-refractivity contribution is -0.115. The number of carbonyl (C=O) groups is 1. The summed E-state index contributed by atoms with van der Waals surface area (Å²) in [6.45, 7) is 1.74. The number of para-hydroxylation sites is 1. The van der Waals surface area contributed by atoms with Crippen molar-refractivity contribution in [2.75, 3.05) is 5.32 Å². The molecule has 0 fully saturated rings. The van der Waals surface area contributed by atoms with Crippen molar-refractivity contribution in [2.45, 2.75) is 17.9 Å². The van der Waals surface area contributed by atoms with E-state index in [2.05, 4.69) is 5.32 Å². The Hall–Kier alpha value is -1.88. The highest BCUT2D eigenvalue weighted by Crippen LogP contribution is 2.22. The van der Waals surface area contributed by atoms with Crippen LogP contribution in [-0.4, -0.2) is 11.2 Å². The first-order valence-corrected chi connectivity index (χ1v) is 7.53. The molecule has 2 nitrogen and oxygen atoms in total. The van der Waals surface area contributed by atoms with Gasteiger partial charge in [0.2, 0.25) is 5.91 Å². The van der Waals surface area contributed by atoms with Gasteiger partial charge in [0.15, 0.2) is 11.6 Å². The van der Waals surface area contributed by atoms with Crippen LogP contribution in [0.2, 0.25) is 0 Å². The predicted molar refractivity (Wildman–Crippen MR) is 82.2 cm³/mol. The van der Waals surface area contributed by atoms with Gasteiger partial charge in [0.05, 0.1) is 5.25 Å². The van der Waals surface area contributed by atoms with Gasteiger partial charge >= 0.3 is 0 Å². The van der Waals surface area contributed by atoms with Crippen LogP contribution in [0.15, 0.2) is 48.5 Å². The van der Waals surface area contributed by atoms with Crippen LogP contribution in [-0.2, 0) is 10.5 Å². The van der Waals surface area contributed by atoms with Crippen LogP contribution in [0, 0.1) is 11.6 Å². The van der Waals surface area contributed by atoms with Gasteiger partial charge in [-0.15, -0.1) is 11.8 Å². The number of nitrogens with one attached hydrogen (secondary N) is 1. The van der Waals surface area contributed by atoms with Gasteiger partial charge in [-0.05, 0) is 25.1 Å². The van der Waals surface area contributed by atoms with Gasteiger partial charge in [-0.1, -0.05) is 30.3 Å². The minimum atomic E-state index is -0.866. The molecule has 1 amide bonds. The molecule has 0 aliphatic carbocycles. The number of carbonyl (C=O) groups excluding carboxylic acids is 1. The van der Waals surface area contributed by atoms with Crippen molar-refractivity contribution in [2.24, 2.45) is 0 Å². The third-order valence-corrected chi connectivity index (χ3v) is 4.12. The van der Waals surface area contributed by atoms with E-state index in [1.807, 2.05) is 18.2 Å². The number of thioether (sulfide) groups is 1. The Morgan fingerprint density at radius 3 is 2.57 bits per heavy atom. The molecule has 0 spiro atoms. The SMILES string of the molecule is CC(SCc1cccc(F)c1F)C(=O)Nc1ccccc1. The molecule has 0 radical (unpaired) electrons. The lowest BCUT2D eigenvalue weighted by Crippen LogP contribution is -2.22. The molecule has 2 aromatic carbocycles. The van der Waals surface area contributed by atoms with E-state index in [9.17, 15) is 13.6 Å². The van der Waals surface area contributed by atoms with Crippen molar-refractivity contribution >= 4 is 23.4 Å². The highest BCUT2D eigenvalue weighted by molar-refractivity contribution is 7.99. The molecular formula is C16H15F2NOS. The van der Waals surface area contributed by atoms with Crippen LogP contribution in [0.25, 0.3) is 0 Å². The summed E-state index contributed by atoms with van der Waals surface area (Å²) in [5.74, 6) is -1.63. The Kier molecular flexibility index (Phi) is 5.33. The molecule has 0 aliphatic rings. The molecule has 0 bridgehead atoms. The number of amides is 1. The predicted octanol–water partition coefficient (Wildman–Crippen LogP) is 4.23. The molecule has 0 saturated carbocycles. The zero-order chi connectivity index (χ0) is 15.2. The second-order valence-electron chi connectivity index (χ2n) is 4.52. The van der Waals surface area contributed by atoms with Crippen LogP contribution in [0.4, 0.5) is 14.5 Å². The number of rotatable bonds is 5. The zero-order valence-corrected chi connectivity index (χ0v) is 12.3. The number of benzene rings is 2. The Bertz CT molecular complexity index is 619. The van der Waals surface area contributed by atoms with E-state index in [1.165, 1.54) is 23.9 Å². The lowest BCUT2D eigenvalue weighted by atomic mass is 10.2. The molecule has 1 unspecified atom stereocenters. The molecule has 1 N–H and O–H groups in total. The van der Waals surface area contributed by atoms with Crippen LogP contribution >= 0.6 is 11.8 Å². The third-order valence-electron chi connectivity index (χ3n) is 2.93. The molecule has 0 saturated heterocycles. The Morgan fingerprint density at radius 2 is 1.86 bits per heavy atom. The van der Waals surface area contributed by atoms with E-state index in [-0.39, 0.29) is 22.5 Å². The van der Waals surface area contributed by atoms with Gasteiger partial charge in [-0.3, -0.25) is 4.79 Å². The van der Waals surface area contributed by atoms with Crippen LogP contribution in [0.5, 0.6) is 0 Å². The molecule has 0 heterocycles. The van der Waals surface area contributed by atoms with Gasteiger partial charge in [-0.2, -0.15) is 0 Å². The van der Waals surface area contributed by atoms with Crippen molar-refractivity contribution in [3.63, 3.8) is 0 Å². The minimum Gasteiger partial charge on any atom is -0.325 e. The normalized spacial score (nSPS) is 12.0. The van der Waals surface area contributed by atoms with E-state index in [0.29, 0.717) is 5.69 Å². The zero-order valence-electron chi connectivity index (χ0n) is 11.5. The van der Waals surface area contributed by atoms with E-state index < -0.39 is 11.6 Å². The summed E-state index contributed by atoms with van der Waals surface area (Å²) in [6.07, 6.45) is 0. The van der Waals surface area contributed by atoms with E-state index in [4.69, 9.17) is 0 Å². The maximum absolute atomic E-state index is 13.5. The summed E-state index contributed by atoms with van der Waals surface area (Å²) in [6, 6.07) is 13.2. The maximum atomic E-state index is 13.5. The third kappa shape index (κ3) is 4.29. The molecule has 1 atom stereocenters. The van der Waals surface area contributed by atoms with Gasteiger partial charge in [0, 0.05) is 17.0 Å². The molecule has 0 aromatic heterocycles. The summed E-state index contributed by atoms with van der Waals surface area (Å²) in [5.41, 5.74) is 0.978. The summed E-state index contributed by atoms with van der Waals surface area (Å²) >= 11 is 1.26. The highest BCUT2D eigenvalue weighted by atomic mass is 32.2. The molecule has 0 aliphatic heterocycles. The van der Waals surface area contributed by atoms with Gasteiger partial charge in [0.25, 0.3) is 0 Å². The second-order valence-corrected chi connectivity index (χ2v) is 5.85. The molecule has 21 heavy (non-hydrogen) atoms.